The number of sulfonamides is 1. The van der Waals surface area contributed by atoms with Crippen LogP contribution in [0, 0.1) is 11.3 Å². The van der Waals surface area contributed by atoms with Crippen molar-refractivity contribution in [3.05, 3.63) is 35.4 Å². The standard InChI is InChI=1S/C13H19N3O2S/c1-13(2,16-19(3,17)18)10-15-9-12-6-4-5-11(7-12)8-14/h4-7,15-16H,9-10H2,1-3H3. The summed E-state index contributed by atoms with van der Waals surface area (Å²) in [6.07, 6.45) is 1.14. The predicted molar refractivity (Wildman–Crippen MR) is 74.9 cm³/mol. The Labute approximate surface area is 114 Å². The second-order valence-corrected chi connectivity index (χ2v) is 6.92. The van der Waals surface area contributed by atoms with Gasteiger partial charge in [0, 0.05) is 18.6 Å². The number of hydrogen-bond acceptors (Lipinski definition) is 4. The third-order valence-corrected chi connectivity index (χ3v) is 3.34. The number of nitriles is 1. The van der Waals surface area contributed by atoms with Crippen molar-refractivity contribution in [2.75, 3.05) is 12.8 Å². The molecular weight excluding hydrogens is 262 g/mol. The van der Waals surface area contributed by atoms with Crippen LogP contribution in [0.5, 0.6) is 0 Å². The fourth-order valence-corrected chi connectivity index (χ4v) is 2.88. The molecule has 0 spiro atoms. The molecule has 2 N–H and O–H groups in total. The molecule has 5 nitrogen and oxygen atoms in total. The van der Waals surface area contributed by atoms with E-state index < -0.39 is 15.6 Å². The van der Waals surface area contributed by atoms with Gasteiger partial charge < -0.3 is 5.32 Å². The molecule has 0 aliphatic heterocycles. The topological polar surface area (TPSA) is 82.0 Å². The summed E-state index contributed by atoms with van der Waals surface area (Å²) in [6.45, 7) is 4.71. The molecule has 19 heavy (non-hydrogen) atoms. The molecule has 0 fully saturated rings. The Morgan fingerprint density at radius 1 is 1.37 bits per heavy atom. The van der Waals surface area contributed by atoms with Crippen molar-refractivity contribution in [3.8, 4) is 6.07 Å². The van der Waals surface area contributed by atoms with Crippen LogP contribution in [0.2, 0.25) is 0 Å². The van der Waals surface area contributed by atoms with Crippen molar-refractivity contribution in [1.82, 2.24) is 10.0 Å². The molecule has 1 aromatic rings. The van der Waals surface area contributed by atoms with Crippen LogP contribution >= 0.6 is 0 Å². The largest absolute Gasteiger partial charge is 0.311 e. The first kappa shape index (κ1) is 15.6. The Bertz CT molecular complexity index is 574. The average molecular weight is 281 g/mol. The quantitative estimate of drug-likeness (QED) is 0.814. The molecule has 0 heterocycles. The minimum Gasteiger partial charge on any atom is -0.311 e. The van der Waals surface area contributed by atoms with E-state index in [1.54, 1.807) is 6.07 Å². The summed E-state index contributed by atoms with van der Waals surface area (Å²) in [5.74, 6) is 0. The van der Waals surface area contributed by atoms with Gasteiger partial charge in [-0.05, 0) is 31.5 Å². The van der Waals surface area contributed by atoms with Gasteiger partial charge in [0.05, 0.1) is 17.9 Å². The molecule has 0 saturated heterocycles. The minimum atomic E-state index is -3.22. The fraction of sp³-hybridized carbons (Fsp3) is 0.462. The molecule has 0 aliphatic carbocycles. The number of hydrogen-bond donors (Lipinski definition) is 2. The van der Waals surface area contributed by atoms with Crippen LogP contribution in [0.1, 0.15) is 25.0 Å². The summed E-state index contributed by atoms with van der Waals surface area (Å²) < 4.78 is 24.9. The molecule has 0 bridgehead atoms. The SMILES string of the molecule is CC(C)(CNCc1cccc(C#N)c1)NS(C)(=O)=O. The van der Waals surface area contributed by atoms with Crippen LogP contribution in [0.15, 0.2) is 24.3 Å². The average Bonchev–Trinajstić information content (AvgIpc) is 2.25. The highest BCUT2D eigenvalue weighted by Gasteiger charge is 2.21. The molecule has 0 atom stereocenters. The van der Waals surface area contributed by atoms with Gasteiger partial charge in [-0.15, -0.1) is 0 Å². The molecule has 0 amide bonds. The molecule has 104 valence electrons. The van der Waals surface area contributed by atoms with Gasteiger partial charge in [0.1, 0.15) is 0 Å². The Hall–Kier alpha value is -1.42. The summed E-state index contributed by atoms with van der Waals surface area (Å²) in [5.41, 5.74) is 1.06. The van der Waals surface area contributed by atoms with E-state index in [4.69, 9.17) is 5.26 Å². The highest BCUT2D eigenvalue weighted by Crippen LogP contribution is 2.06. The number of nitrogens with one attached hydrogen (secondary N) is 2. The lowest BCUT2D eigenvalue weighted by molar-refractivity contribution is 0.421. The van der Waals surface area contributed by atoms with Crippen LogP contribution in [-0.4, -0.2) is 26.8 Å². The van der Waals surface area contributed by atoms with Gasteiger partial charge in [0.2, 0.25) is 10.0 Å². The zero-order valence-electron chi connectivity index (χ0n) is 11.4. The second kappa shape index (κ2) is 6.15. The lowest BCUT2D eigenvalue weighted by Gasteiger charge is -2.25. The lowest BCUT2D eigenvalue weighted by Crippen LogP contribution is -2.49. The van der Waals surface area contributed by atoms with Gasteiger partial charge in [-0.2, -0.15) is 5.26 Å². The maximum absolute atomic E-state index is 11.2. The van der Waals surface area contributed by atoms with Gasteiger partial charge in [-0.25, -0.2) is 13.1 Å². The zero-order valence-corrected chi connectivity index (χ0v) is 12.2. The van der Waals surface area contributed by atoms with Gasteiger partial charge in [0.25, 0.3) is 0 Å². The van der Waals surface area contributed by atoms with Crippen molar-refractivity contribution in [1.29, 1.82) is 5.26 Å². The van der Waals surface area contributed by atoms with Crippen molar-refractivity contribution in [2.24, 2.45) is 0 Å². The van der Waals surface area contributed by atoms with Crippen molar-refractivity contribution in [3.63, 3.8) is 0 Å². The maximum atomic E-state index is 11.2. The summed E-state index contributed by atoms with van der Waals surface area (Å²) >= 11 is 0. The third kappa shape index (κ3) is 6.34. The first-order valence-corrected chi connectivity index (χ1v) is 7.80. The first-order valence-electron chi connectivity index (χ1n) is 5.90. The Morgan fingerprint density at radius 3 is 2.63 bits per heavy atom. The Kier molecular flexibility index (Phi) is 5.06. The highest BCUT2D eigenvalue weighted by molar-refractivity contribution is 7.88. The normalized spacial score (nSPS) is 12.1. The monoisotopic (exact) mass is 281 g/mol. The zero-order chi connectivity index (χ0) is 14.5. The summed E-state index contributed by atoms with van der Waals surface area (Å²) in [6, 6.07) is 9.39. The summed E-state index contributed by atoms with van der Waals surface area (Å²) in [4.78, 5) is 0. The van der Waals surface area contributed by atoms with E-state index in [-0.39, 0.29) is 0 Å². The highest BCUT2D eigenvalue weighted by atomic mass is 32.2. The maximum Gasteiger partial charge on any atom is 0.209 e. The molecular formula is C13H19N3O2S. The molecule has 0 unspecified atom stereocenters. The lowest BCUT2D eigenvalue weighted by atomic mass is 10.1. The number of benzene rings is 1. The number of nitrogens with zero attached hydrogens (tertiary/aromatic N) is 1. The predicted octanol–water partition coefficient (Wildman–Crippen LogP) is 0.976. The molecule has 0 aliphatic rings. The molecule has 6 heteroatoms. The van der Waals surface area contributed by atoms with E-state index in [9.17, 15) is 8.42 Å². The molecule has 1 aromatic carbocycles. The van der Waals surface area contributed by atoms with Crippen LogP contribution in [0.4, 0.5) is 0 Å². The van der Waals surface area contributed by atoms with E-state index in [0.29, 0.717) is 18.7 Å². The van der Waals surface area contributed by atoms with Gasteiger partial charge in [-0.3, -0.25) is 0 Å². The van der Waals surface area contributed by atoms with Crippen molar-refractivity contribution < 1.29 is 8.42 Å². The van der Waals surface area contributed by atoms with E-state index in [2.05, 4.69) is 16.1 Å². The van der Waals surface area contributed by atoms with E-state index in [1.807, 2.05) is 32.0 Å². The van der Waals surface area contributed by atoms with Crippen molar-refractivity contribution >= 4 is 10.0 Å². The first-order chi connectivity index (χ1) is 8.72. The summed E-state index contributed by atoms with van der Waals surface area (Å²) in [7, 11) is -3.22. The number of rotatable bonds is 6. The second-order valence-electron chi connectivity index (χ2n) is 5.17. The third-order valence-electron chi connectivity index (χ3n) is 2.41. The van der Waals surface area contributed by atoms with Crippen LogP contribution < -0.4 is 10.0 Å². The van der Waals surface area contributed by atoms with Gasteiger partial charge >= 0.3 is 0 Å². The molecule has 0 aromatic heterocycles. The van der Waals surface area contributed by atoms with E-state index in [0.717, 1.165) is 11.8 Å². The van der Waals surface area contributed by atoms with Gasteiger partial charge in [-0.1, -0.05) is 12.1 Å². The Morgan fingerprint density at radius 2 is 2.05 bits per heavy atom. The van der Waals surface area contributed by atoms with Crippen molar-refractivity contribution in [2.45, 2.75) is 25.9 Å². The van der Waals surface area contributed by atoms with E-state index in [1.165, 1.54) is 0 Å². The smallest absolute Gasteiger partial charge is 0.209 e. The van der Waals surface area contributed by atoms with Crippen LogP contribution in [0.25, 0.3) is 0 Å². The molecule has 0 radical (unpaired) electrons. The van der Waals surface area contributed by atoms with E-state index >= 15 is 0 Å². The fourth-order valence-electron chi connectivity index (χ4n) is 1.81. The molecule has 1 rings (SSSR count). The van der Waals surface area contributed by atoms with Crippen LogP contribution in [0.3, 0.4) is 0 Å². The molecule has 0 saturated carbocycles. The minimum absolute atomic E-state index is 0.497. The van der Waals surface area contributed by atoms with Gasteiger partial charge in [0.15, 0.2) is 0 Å². The summed E-state index contributed by atoms with van der Waals surface area (Å²) in [5, 5.41) is 12.0. The Balaban J connectivity index is 2.52. The van der Waals surface area contributed by atoms with Crippen LogP contribution in [-0.2, 0) is 16.6 Å².